The lowest BCUT2D eigenvalue weighted by molar-refractivity contribution is 0.0490. The summed E-state index contributed by atoms with van der Waals surface area (Å²) in [6.45, 7) is 13.7. The molecule has 0 nitrogen and oxygen atoms in total. The molecule has 2 unspecified atom stereocenters. The molecule has 0 spiro atoms. The lowest BCUT2D eigenvalue weighted by atomic mass is 9.40. The zero-order chi connectivity index (χ0) is 14.2. The number of hydrogen-bond acceptors (Lipinski definition) is 0. The Kier molecular flexibility index (Phi) is 4.41. The second-order valence-corrected chi connectivity index (χ2v) is 8.06. The summed E-state index contributed by atoms with van der Waals surface area (Å²) in [5, 5.41) is -0.535. The van der Waals surface area contributed by atoms with E-state index >= 15 is 0 Å². The highest BCUT2D eigenvalue weighted by molar-refractivity contribution is 6.26. The van der Waals surface area contributed by atoms with Crippen molar-refractivity contribution in [2.24, 2.45) is 10.8 Å². The van der Waals surface area contributed by atoms with Crippen LogP contribution in [-0.2, 0) is 0 Å². The molecule has 100 valence electrons. The van der Waals surface area contributed by atoms with Crippen LogP contribution in [0.4, 0.5) is 0 Å². The zero-order valence-electron chi connectivity index (χ0n) is 13.4. The molecule has 0 bridgehead atoms. The van der Waals surface area contributed by atoms with Crippen LogP contribution in [-0.4, -0.2) is 15.7 Å². The van der Waals surface area contributed by atoms with Gasteiger partial charge in [0.15, 0.2) is 0 Å². The molecular formula is C16H30B2. The van der Waals surface area contributed by atoms with E-state index in [4.69, 9.17) is 15.7 Å². The molecule has 0 saturated heterocycles. The third-order valence-electron chi connectivity index (χ3n) is 6.11. The summed E-state index contributed by atoms with van der Waals surface area (Å²) in [7, 11) is 13.1. The van der Waals surface area contributed by atoms with E-state index in [1.54, 1.807) is 0 Å². The minimum absolute atomic E-state index is 0.231. The molecule has 0 aliphatic heterocycles. The van der Waals surface area contributed by atoms with Crippen molar-refractivity contribution >= 4 is 15.7 Å². The topological polar surface area (TPSA) is 0 Å². The Morgan fingerprint density at radius 3 is 2.00 bits per heavy atom. The van der Waals surface area contributed by atoms with E-state index in [9.17, 15) is 0 Å². The van der Waals surface area contributed by atoms with Crippen LogP contribution in [0.3, 0.4) is 0 Å². The maximum Gasteiger partial charge on any atom is 0.0743 e. The Morgan fingerprint density at radius 2 is 1.56 bits per heavy atom. The summed E-state index contributed by atoms with van der Waals surface area (Å²) < 4.78 is 0. The van der Waals surface area contributed by atoms with Crippen LogP contribution < -0.4 is 0 Å². The SMILES string of the molecule is [B]C(C)(C)C1([B])CCCCC(C)(C(C)(C)CC)C1. The molecule has 1 fully saturated rings. The first kappa shape index (κ1) is 16.2. The van der Waals surface area contributed by atoms with Gasteiger partial charge in [0, 0.05) is 0 Å². The van der Waals surface area contributed by atoms with E-state index in [-0.39, 0.29) is 10.6 Å². The molecule has 0 heterocycles. The van der Waals surface area contributed by atoms with Crippen LogP contribution in [0.25, 0.3) is 0 Å². The molecule has 18 heavy (non-hydrogen) atoms. The van der Waals surface area contributed by atoms with Gasteiger partial charge in [-0.3, -0.25) is 0 Å². The van der Waals surface area contributed by atoms with Crippen molar-refractivity contribution in [3.8, 4) is 0 Å². The second-order valence-electron chi connectivity index (χ2n) is 8.06. The van der Waals surface area contributed by atoms with Crippen molar-refractivity contribution in [2.45, 2.75) is 90.7 Å². The van der Waals surface area contributed by atoms with E-state index in [2.05, 4.69) is 41.5 Å². The molecule has 0 aromatic heterocycles. The molecule has 0 aromatic carbocycles. The Hall–Kier alpha value is 0.130. The molecule has 1 rings (SSSR count). The Bertz CT molecular complexity index is 290. The smallest absolute Gasteiger partial charge is 0.0738 e. The van der Waals surface area contributed by atoms with Crippen molar-refractivity contribution < 1.29 is 0 Å². The molecule has 1 aliphatic rings. The van der Waals surface area contributed by atoms with Gasteiger partial charge in [-0.2, -0.15) is 0 Å². The van der Waals surface area contributed by atoms with Crippen LogP contribution in [0.2, 0.25) is 10.6 Å². The minimum atomic E-state index is -0.303. The van der Waals surface area contributed by atoms with Crippen LogP contribution in [0, 0.1) is 10.8 Å². The van der Waals surface area contributed by atoms with Crippen molar-refractivity contribution in [3.05, 3.63) is 0 Å². The third kappa shape index (κ3) is 2.83. The first-order chi connectivity index (χ1) is 7.97. The first-order valence-electron chi connectivity index (χ1n) is 7.55. The summed E-state index contributed by atoms with van der Waals surface area (Å²) in [6, 6.07) is 0. The predicted octanol–water partition coefficient (Wildman–Crippen LogP) is 5.09. The Balaban J connectivity index is 3.10. The van der Waals surface area contributed by atoms with Gasteiger partial charge in [-0.15, -0.1) is 0 Å². The standard InChI is InChI=1S/C16H30B2/c1-7-13(2,3)15(6)10-8-9-11-16(18,12-15)14(4,5)17/h7-12H2,1-6H3. The summed E-state index contributed by atoms with van der Waals surface area (Å²) in [6.07, 6.45) is 7.09. The van der Waals surface area contributed by atoms with Gasteiger partial charge in [-0.05, 0) is 23.7 Å². The van der Waals surface area contributed by atoms with Crippen molar-refractivity contribution in [3.63, 3.8) is 0 Å². The molecule has 0 aromatic rings. The highest BCUT2D eigenvalue weighted by Crippen LogP contribution is 2.63. The molecule has 0 amide bonds. The van der Waals surface area contributed by atoms with Gasteiger partial charge in [0.2, 0.25) is 0 Å². The Labute approximate surface area is 118 Å². The van der Waals surface area contributed by atoms with Gasteiger partial charge < -0.3 is 0 Å². The van der Waals surface area contributed by atoms with E-state index in [0.717, 1.165) is 12.8 Å². The van der Waals surface area contributed by atoms with Gasteiger partial charge in [0.05, 0.1) is 15.7 Å². The van der Waals surface area contributed by atoms with Crippen LogP contribution >= 0.6 is 0 Å². The van der Waals surface area contributed by atoms with Crippen LogP contribution in [0.15, 0.2) is 0 Å². The van der Waals surface area contributed by atoms with Crippen molar-refractivity contribution in [1.29, 1.82) is 0 Å². The maximum absolute atomic E-state index is 6.74. The predicted molar refractivity (Wildman–Crippen MR) is 83.5 cm³/mol. The van der Waals surface area contributed by atoms with Gasteiger partial charge in [-0.1, -0.05) is 77.9 Å². The highest BCUT2D eigenvalue weighted by Gasteiger charge is 2.48. The fourth-order valence-corrected chi connectivity index (χ4v) is 3.38. The fraction of sp³-hybridized carbons (Fsp3) is 1.00. The fourth-order valence-electron chi connectivity index (χ4n) is 3.38. The van der Waals surface area contributed by atoms with E-state index < -0.39 is 0 Å². The van der Waals surface area contributed by atoms with Crippen LogP contribution in [0.1, 0.15) is 80.1 Å². The largest absolute Gasteiger partial charge is 0.0743 e. The van der Waals surface area contributed by atoms with Crippen molar-refractivity contribution in [1.82, 2.24) is 0 Å². The molecule has 2 heteroatoms. The monoisotopic (exact) mass is 244 g/mol. The molecule has 1 aliphatic carbocycles. The van der Waals surface area contributed by atoms with E-state index in [1.165, 1.54) is 25.7 Å². The number of hydrogen-bond donors (Lipinski definition) is 0. The quantitative estimate of drug-likeness (QED) is 0.479. The lowest BCUT2D eigenvalue weighted by Crippen LogP contribution is -2.40. The first-order valence-corrected chi connectivity index (χ1v) is 7.55. The summed E-state index contributed by atoms with van der Waals surface area (Å²) >= 11 is 0. The summed E-state index contributed by atoms with van der Waals surface area (Å²) in [5.41, 5.74) is 0.622. The van der Waals surface area contributed by atoms with E-state index in [1.807, 2.05) is 0 Å². The molecule has 2 atom stereocenters. The molecule has 1 saturated carbocycles. The zero-order valence-corrected chi connectivity index (χ0v) is 13.4. The normalized spacial score (nSPS) is 35.2. The van der Waals surface area contributed by atoms with Crippen molar-refractivity contribution in [2.75, 3.05) is 0 Å². The summed E-state index contributed by atoms with van der Waals surface area (Å²) in [4.78, 5) is 0. The molecule has 4 radical (unpaired) electrons. The van der Waals surface area contributed by atoms with Gasteiger partial charge >= 0.3 is 0 Å². The van der Waals surface area contributed by atoms with Gasteiger partial charge in [-0.25, -0.2) is 0 Å². The van der Waals surface area contributed by atoms with E-state index in [0.29, 0.717) is 10.8 Å². The highest BCUT2D eigenvalue weighted by atomic mass is 14.5. The minimum Gasteiger partial charge on any atom is -0.0738 e. The molecular weight excluding hydrogens is 214 g/mol. The van der Waals surface area contributed by atoms with Crippen LogP contribution in [0.5, 0.6) is 0 Å². The average Bonchev–Trinajstić information content (AvgIpc) is 2.38. The maximum atomic E-state index is 6.74. The second kappa shape index (κ2) is 4.91. The Morgan fingerprint density at radius 1 is 1.06 bits per heavy atom. The summed E-state index contributed by atoms with van der Waals surface area (Å²) in [5.74, 6) is 0. The third-order valence-corrected chi connectivity index (χ3v) is 6.11. The number of rotatable bonds is 3. The van der Waals surface area contributed by atoms with Gasteiger partial charge in [0.1, 0.15) is 0 Å². The molecule has 0 N–H and O–H groups in total. The van der Waals surface area contributed by atoms with Gasteiger partial charge in [0.25, 0.3) is 0 Å². The lowest BCUT2D eigenvalue weighted by Gasteiger charge is -2.52. The average molecular weight is 244 g/mol.